The Hall–Kier alpha value is -2.02. The molecule has 5 nitrogen and oxygen atoms in total. The molecular weight excluding hydrogens is 376 g/mol. The summed E-state index contributed by atoms with van der Waals surface area (Å²) in [5.41, 5.74) is 0.687. The lowest BCUT2D eigenvalue weighted by atomic mass is 10.1. The van der Waals surface area contributed by atoms with Gasteiger partial charge in [0.1, 0.15) is 0 Å². The summed E-state index contributed by atoms with van der Waals surface area (Å²) in [7, 11) is 0. The van der Waals surface area contributed by atoms with E-state index in [1.807, 2.05) is 4.90 Å². The molecule has 4 rings (SSSR count). The average Bonchev–Trinajstić information content (AvgIpc) is 3.34. The summed E-state index contributed by atoms with van der Waals surface area (Å²) in [5, 5.41) is 2.97. The number of amides is 2. The Morgan fingerprint density at radius 1 is 1.03 bits per heavy atom. The van der Waals surface area contributed by atoms with Gasteiger partial charge in [-0.2, -0.15) is 0 Å². The second-order valence-corrected chi connectivity index (χ2v) is 8.56. The number of carbonyl (C=O) groups excluding carboxylic acids is 2. The maximum Gasteiger partial charge on any atom is 0.225 e. The van der Waals surface area contributed by atoms with Crippen LogP contribution in [0.3, 0.4) is 0 Å². The van der Waals surface area contributed by atoms with Crippen LogP contribution in [0, 0.1) is 23.5 Å². The van der Waals surface area contributed by atoms with Gasteiger partial charge in [-0.1, -0.05) is 18.9 Å². The summed E-state index contributed by atoms with van der Waals surface area (Å²) >= 11 is 0. The van der Waals surface area contributed by atoms with Crippen molar-refractivity contribution in [2.75, 3.05) is 39.3 Å². The number of halogens is 2. The summed E-state index contributed by atoms with van der Waals surface area (Å²) in [4.78, 5) is 29.1. The molecular formula is C22H29F2N3O2. The molecule has 0 radical (unpaired) electrons. The quantitative estimate of drug-likeness (QED) is 0.791. The monoisotopic (exact) mass is 405 g/mol. The maximum absolute atomic E-state index is 13.4. The first-order valence-electron chi connectivity index (χ1n) is 10.8. The van der Waals surface area contributed by atoms with Crippen LogP contribution in [-0.2, 0) is 9.59 Å². The lowest BCUT2D eigenvalue weighted by Crippen LogP contribution is -2.51. The third kappa shape index (κ3) is 4.77. The molecule has 2 unspecified atom stereocenters. The lowest BCUT2D eigenvalue weighted by Gasteiger charge is -2.36. The molecule has 3 fully saturated rings. The van der Waals surface area contributed by atoms with Gasteiger partial charge >= 0.3 is 0 Å². The van der Waals surface area contributed by atoms with Gasteiger partial charge in [0.15, 0.2) is 11.6 Å². The molecule has 1 N–H and O–H groups in total. The molecule has 1 aromatic carbocycles. The van der Waals surface area contributed by atoms with Gasteiger partial charge < -0.3 is 10.2 Å². The zero-order valence-corrected chi connectivity index (χ0v) is 16.7. The molecule has 158 valence electrons. The zero-order valence-electron chi connectivity index (χ0n) is 16.7. The Balaban J connectivity index is 1.14. The number of rotatable bonds is 6. The molecule has 2 saturated carbocycles. The highest BCUT2D eigenvalue weighted by atomic mass is 19.2. The van der Waals surface area contributed by atoms with Crippen molar-refractivity contribution in [3.8, 4) is 0 Å². The van der Waals surface area contributed by atoms with Gasteiger partial charge in [-0.25, -0.2) is 8.78 Å². The summed E-state index contributed by atoms with van der Waals surface area (Å²) in [6.45, 7) is 4.55. The third-order valence-corrected chi connectivity index (χ3v) is 6.61. The number of carbonyl (C=O) groups is 2. The summed E-state index contributed by atoms with van der Waals surface area (Å²) in [6.07, 6.45) is 5.11. The molecule has 1 aliphatic heterocycles. The molecule has 3 aliphatic rings. The molecule has 0 aromatic heterocycles. The molecule has 0 bridgehead atoms. The van der Waals surface area contributed by atoms with Gasteiger partial charge in [0.25, 0.3) is 0 Å². The van der Waals surface area contributed by atoms with E-state index in [-0.39, 0.29) is 23.7 Å². The maximum atomic E-state index is 13.4. The van der Waals surface area contributed by atoms with E-state index in [0.29, 0.717) is 24.4 Å². The first-order valence-corrected chi connectivity index (χ1v) is 10.8. The molecule has 2 atom stereocenters. The van der Waals surface area contributed by atoms with Crippen LogP contribution in [0.4, 0.5) is 8.78 Å². The largest absolute Gasteiger partial charge is 0.355 e. The molecule has 2 amide bonds. The van der Waals surface area contributed by atoms with Crippen LogP contribution in [0.15, 0.2) is 18.2 Å². The number of nitrogens with one attached hydrogen (secondary N) is 1. The summed E-state index contributed by atoms with van der Waals surface area (Å²) in [5.74, 6) is -1.35. The van der Waals surface area contributed by atoms with E-state index < -0.39 is 11.6 Å². The molecule has 29 heavy (non-hydrogen) atoms. The number of piperazine rings is 1. The van der Waals surface area contributed by atoms with E-state index in [1.165, 1.54) is 18.9 Å². The molecule has 1 saturated heterocycles. The first-order chi connectivity index (χ1) is 14.0. The van der Waals surface area contributed by atoms with E-state index in [2.05, 4.69) is 10.2 Å². The highest BCUT2D eigenvalue weighted by molar-refractivity contribution is 5.82. The predicted octanol–water partition coefficient (Wildman–Crippen LogP) is 2.52. The fourth-order valence-electron chi connectivity index (χ4n) is 4.69. The summed E-state index contributed by atoms with van der Waals surface area (Å²) in [6, 6.07) is 3.87. The fraction of sp³-hybridized carbons (Fsp3) is 0.636. The van der Waals surface area contributed by atoms with Crippen LogP contribution in [0.5, 0.6) is 0 Å². The van der Waals surface area contributed by atoms with Gasteiger partial charge in [-0.15, -0.1) is 0 Å². The number of benzene rings is 1. The second kappa shape index (κ2) is 8.78. The Bertz CT molecular complexity index is 758. The van der Waals surface area contributed by atoms with Crippen molar-refractivity contribution in [3.63, 3.8) is 0 Å². The zero-order chi connectivity index (χ0) is 20.4. The van der Waals surface area contributed by atoms with Gasteiger partial charge in [-0.05, 0) is 42.9 Å². The SMILES string of the molecule is O=C(NCCN1CCN(C(=O)C2CCCC2)CC1)C1CC1c1ccc(F)c(F)c1. The van der Waals surface area contributed by atoms with Crippen molar-refractivity contribution in [3.05, 3.63) is 35.4 Å². The average molecular weight is 405 g/mol. The van der Waals surface area contributed by atoms with Gasteiger partial charge in [0, 0.05) is 51.1 Å². The first kappa shape index (κ1) is 20.3. The molecule has 0 spiro atoms. The van der Waals surface area contributed by atoms with E-state index in [9.17, 15) is 18.4 Å². The number of hydrogen-bond donors (Lipinski definition) is 1. The van der Waals surface area contributed by atoms with E-state index in [1.54, 1.807) is 6.07 Å². The minimum Gasteiger partial charge on any atom is -0.355 e. The molecule has 1 aromatic rings. The van der Waals surface area contributed by atoms with Gasteiger partial charge in [0.05, 0.1) is 0 Å². The highest BCUT2D eigenvalue weighted by Gasteiger charge is 2.44. The van der Waals surface area contributed by atoms with E-state index in [4.69, 9.17) is 0 Å². The van der Waals surface area contributed by atoms with Crippen LogP contribution in [-0.4, -0.2) is 60.9 Å². The van der Waals surface area contributed by atoms with Crippen molar-refractivity contribution in [2.24, 2.45) is 11.8 Å². The fourth-order valence-corrected chi connectivity index (χ4v) is 4.69. The Morgan fingerprint density at radius 3 is 2.45 bits per heavy atom. The standard InChI is InChI=1S/C22H29F2N3O2/c23-19-6-5-16(13-20(19)24)17-14-18(17)21(28)25-7-8-26-9-11-27(12-10-26)22(29)15-3-1-2-4-15/h5-6,13,15,17-18H,1-4,7-12,14H2,(H,25,28). The topological polar surface area (TPSA) is 52.7 Å². The summed E-state index contributed by atoms with van der Waals surface area (Å²) < 4.78 is 26.4. The predicted molar refractivity (Wildman–Crippen MR) is 105 cm³/mol. The van der Waals surface area contributed by atoms with Crippen LogP contribution < -0.4 is 5.32 Å². The van der Waals surface area contributed by atoms with Crippen LogP contribution in [0.25, 0.3) is 0 Å². The highest BCUT2D eigenvalue weighted by Crippen LogP contribution is 2.47. The lowest BCUT2D eigenvalue weighted by molar-refractivity contribution is -0.137. The Kier molecular flexibility index (Phi) is 6.13. The molecule has 1 heterocycles. The molecule has 2 aliphatic carbocycles. The number of nitrogens with zero attached hydrogens (tertiary/aromatic N) is 2. The smallest absolute Gasteiger partial charge is 0.225 e. The normalized spacial score (nSPS) is 25.2. The molecule has 7 heteroatoms. The van der Waals surface area contributed by atoms with Crippen molar-refractivity contribution in [1.82, 2.24) is 15.1 Å². The second-order valence-electron chi connectivity index (χ2n) is 8.56. The van der Waals surface area contributed by atoms with Crippen molar-refractivity contribution < 1.29 is 18.4 Å². The third-order valence-electron chi connectivity index (χ3n) is 6.61. The van der Waals surface area contributed by atoms with Crippen LogP contribution in [0.1, 0.15) is 43.6 Å². The Labute approximate surface area is 170 Å². The van der Waals surface area contributed by atoms with E-state index in [0.717, 1.165) is 51.6 Å². The van der Waals surface area contributed by atoms with Crippen LogP contribution >= 0.6 is 0 Å². The van der Waals surface area contributed by atoms with Crippen molar-refractivity contribution >= 4 is 11.8 Å². The van der Waals surface area contributed by atoms with Crippen molar-refractivity contribution in [1.29, 1.82) is 0 Å². The van der Waals surface area contributed by atoms with Crippen LogP contribution in [0.2, 0.25) is 0 Å². The van der Waals surface area contributed by atoms with Gasteiger partial charge in [-0.3, -0.25) is 14.5 Å². The number of hydrogen-bond acceptors (Lipinski definition) is 3. The Morgan fingerprint density at radius 2 is 1.76 bits per heavy atom. The minimum absolute atomic E-state index is 0.0183. The van der Waals surface area contributed by atoms with Crippen molar-refractivity contribution in [2.45, 2.75) is 38.0 Å². The minimum atomic E-state index is -0.862. The van der Waals surface area contributed by atoms with Gasteiger partial charge in [0.2, 0.25) is 11.8 Å². The van der Waals surface area contributed by atoms with E-state index >= 15 is 0 Å².